The number of ether oxygens (including phenoxy) is 1. The Labute approximate surface area is 212 Å². The highest BCUT2D eigenvalue weighted by atomic mass is 35.5. The molecule has 2 aromatic heterocycles. The lowest BCUT2D eigenvalue weighted by Gasteiger charge is -2.18. The molecule has 1 aliphatic heterocycles. The van der Waals surface area contributed by atoms with Gasteiger partial charge in [0.05, 0.1) is 25.5 Å². The van der Waals surface area contributed by atoms with E-state index in [2.05, 4.69) is 10.3 Å². The smallest absolute Gasteiger partial charge is 0.190 e. The largest absolute Gasteiger partial charge is 0.497 e. The topological polar surface area (TPSA) is 80.0 Å². The number of rotatable bonds is 8. The zero-order chi connectivity index (χ0) is 24.4. The average Bonchev–Trinajstić information content (AvgIpc) is 3.53. The first-order valence-electron chi connectivity index (χ1n) is 11.0. The van der Waals surface area contributed by atoms with E-state index in [1.54, 1.807) is 19.4 Å². The summed E-state index contributed by atoms with van der Waals surface area (Å²) in [5.74, 6) is 1.39. The summed E-state index contributed by atoms with van der Waals surface area (Å²) >= 11 is 7.61. The van der Waals surface area contributed by atoms with Crippen LogP contribution < -0.4 is 15.0 Å². The lowest BCUT2D eigenvalue weighted by molar-refractivity contribution is 0.0942. The normalized spacial score (nSPS) is 13.5. The van der Waals surface area contributed by atoms with Crippen molar-refractivity contribution in [3.8, 4) is 16.9 Å². The molecule has 35 heavy (non-hydrogen) atoms. The number of nitrogens with zero attached hydrogens (tertiary/aromatic N) is 3. The molecule has 1 atom stereocenters. The van der Waals surface area contributed by atoms with Gasteiger partial charge in [0, 0.05) is 30.4 Å². The van der Waals surface area contributed by atoms with Crippen LogP contribution in [0.15, 0.2) is 70.5 Å². The van der Waals surface area contributed by atoms with Crippen LogP contribution in [0.5, 0.6) is 5.75 Å². The van der Waals surface area contributed by atoms with E-state index in [1.807, 2.05) is 60.6 Å². The number of thiazole rings is 1. The minimum atomic E-state index is -0.698. The summed E-state index contributed by atoms with van der Waals surface area (Å²) in [5.41, 5.74) is 2.94. The zero-order valence-electron chi connectivity index (χ0n) is 19.2. The quantitative estimate of drug-likeness (QED) is 0.298. The van der Waals surface area contributed by atoms with Crippen LogP contribution >= 0.6 is 22.9 Å². The first kappa shape index (κ1) is 23.3. The number of nitrogens with one attached hydrogen (secondary N) is 1. The highest BCUT2D eigenvalue weighted by molar-refractivity contribution is 7.16. The van der Waals surface area contributed by atoms with Crippen LogP contribution in [0.3, 0.4) is 0 Å². The molecule has 178 valence electrons. The van der Waals surface area contributed by atoms with Gasteiger partial charge in [0.2, 0.25) is 0 Å². The minimum absolute atomic E-state index is 0.144. The van der Waals surface area contributed by atoms with Crippen molar-refractivity contribution < 1.29 is 13.9 Å². The molecule has 1 aliphatic rings. The number of carbonyl (C=O) groups excluding carboxylic acids is 1. The van der Waals surface area contributed by atoms with E-state index in [4.69, 9.17) is 25.7 Å². The van der Waals surface area contributed by atoms with Gasteiger partial charge in [-0.2, -0.15) is 0 Å². The van der Waals surface area contributed by atoms with Crippen molar-refractivity contribution >= 4 is 45.8 Å². The number of halogens is 1. The third-order valence-corrected chi connectivity index (χ3v) is 7.00. The number of ketones is 1. The van der Waals surface area contributed by atoms with Crippen molar-refractivity contribution in [2.45, 2.75) is 12.6 Å². The van der Waals surface area contributed by atoms with E-state index in [1.165, 1.54) is 17.6 Å². The number of aliphatic imine (C=N–C) groups is 1. The van der Waals surface area contributed by atoms with Gasteiger partial charge in [-0.15, -0.1) is 0 Å². The molecule has 0 aliphatic carbocycles. The Hall–Kier alpha value is -3.46. The summed E-state index contributed by atoms with van der Waals surface area (Å²) in [6, 6.07) is 14.4. The molecule has 0 spiro atoms. The van der Waals surface area contributed by atoms with Crippen molar-refractivity contribution in [1.29, 1.82) is 0 Å². The van der Waals surface area contributed by atoms with Gasteiger partial charge >= 0.3 is 0 Å². The monoisotopic (exact) mass is 506 g/mol. The van der Waals surface area contributed by atoms with Crippen molar-refractivity contribution in [1.82, 2.24) is 10.3 Å². The molecular weight excluding hydrogens is 484 g/mol. The number of Topliss-reactive ketones (excluding diaryl/α,β-unsaturated/α-hetero) is 1. The van der Waals surface area contributed by atoms with Crippen LogP contribution in [0, 0.1) is 0 Å². The number of benzene rings is 2. The number of aromatic nitrogens is 1. The SMILES string of the molecule is COc1cccc(CNC(C(=O)c2cocc2-c2cccc(Cl)c2)c2nc3c(s2)N=CCN3C)c1. The fourth-order valence-electron chi connectivity index (χ4n) is 3.93. The van der Waals surface area contributed by atoms with E-state index in [0.717, 1.165) is 27.7 Å². The maximum absolute atomic E-state index is 14.0. The molecule has 9 heteroatoms. The second-order valence-corrected chi connectivity index (χ2v) is 9.56. The Kier molecular flexibility index (Phi) is 6.68. The van der Waals surface area contributed by atoms with Crippen molar-refractivity contribution in [2.24, 2.45) is 4.99 Å². The molecule has 7 nitrogen and oxygen atoms in total. The van der Waals surface area contributed by atoms with Gasteiger partial charge in [-0.1, -0.05) is 47.2 Å². The van der Waals surface area contributed by atoms with Crippen molar-refractivity contribution in [3.63, 3.8) is 0 Å². The Morgan fingerprint density at radius 1 is 1.26 bits per heavy atom. The fraction of sp³-hybridized carbons (Fsp3) is 0.192. The molecule has 1 N–H and O–H groups in total. The molecular formula is C26H23ClN4O3S. The summed E-state index contributed by atoms with van der Waals surface area (Å²) in [6.45, 7) is 1.12. The number of methoxy groups -OCH3 is 1. The molecule has 0 fully saturated rings. The van der Waals surface area contributed by atoms with Gasteiger partial charge in [-0.25, -0.2) is 9.98 Å². The number of anilines is 1. The van der Waals surface area contributed by atoms with Gasteiger partial charge < -0.3 is 14.1 Å². The summed E-state index contributed by atoms with van der Waals surface area (Å²) in [6.07, 6.45) is 4.90. The first-order chi connectivity index (χ1) is 17.0. The molecule has 0 bridgehead atoms. The summed E-state index contributed by atoms with van der Waals surface area (Å²) in [7, 11) is 3.59. The number of carbonyl (C=O) groups is 1. The number of fused-ring (bicyclic) bond motifs is 1. The molecule has 0 saturated heterocycles. The summed E-state index contributed by atoms with van der Waals surface area (Å²) in [4.78, 5) is 25.3. The third-order valence-electron chi connectivity index (χ3n) is 5.75. The van der Waals surface area contributed by atoms with Crippen LogP contribution in [0.1, 0.15) is 27.0 Å². The standard InChI is InChI=1S/C26H23ClN4O3S/c1-31-10-9-28-26-24(31)30-25(35-26)22(29-13-16-5-3-8-19(11-16)33-2)23(32)21-15-34-14-20(21)17-6-4-7-18(27)12-17/h3-9,11-12,14-15,22,29H,10,13H2,1-2H3. The molecule has 2 aromatic carbocycles. The van der Waals surface area contributed by atoms with Crippen LogP contribution in [-0.4, -0.2) is 37.7 Å². The number of furan rings is 1. The minimum Gasteiger partial charge on any atom is -0.497 e. The highest BCUT2D eigenvalue weighted by Gasteiger charge is 2.30. The zero-order valence-corrected chi connectivity index (χ0v) is 20.8. The fourth-order valence-corrected chi connectivity index (χ4v) is 5.17. The summed E-state index contributed by atoms with van der Waals surface area (Å²) < 4.78 is 10.8. The summed E-state index contributed by atoms with van der Waals surface area (Å²) in [5, 5.41) is 5.43. The second kappa shape index (κ2) is 10.0. The van der Waals surface area contributed by atoms with Crippen LogP contribution in [0.25, 0.3) is 11.1 Å². The molecule has 0 radical (unpaired) electrons. The van der Waals surface area contributed by atoms with E-state index >= 15 is 0 Å². The van der Waals surface area contributed by atoms with E-state index in [9.17, 15) is 4.79 Å². The van der Waals surface area contributed by atoms with Crippen molar-refractivity contribution in [3.05, 3.63) is 82.2 Å². The highest BCUT2D eigenvalue weighted by Crippen LogP contribution is 2.40. The molecule has 1 unspecified atom stereocenters. The molecule has 3 heterocycles. The Morgan fingerprint density at radius 2 is 2.11 bits per heavy atom. The predicted molar refractivity (Wildman–Crippen MR) is 140 cm³/mol. The maximum Gasteiger partial charge on any atom is 0.190 e. The lowest BCUT2D eigenvalue weighted by atomic mass is 9.98. The van der Waals surface area contributed by atoms with E-state index in [-0.39, 0.29) is 5.78 Å². The Balaban J connectivity index is 1.51. The molecule has 0 saturated carbocycles. The van der Waals surface area contributed by atoms with Crippen LogP contribution in [0.2, 0.25) is 5.02 Å². The average molecular weight is 507 g/mol. The van der Waals surface area contributed by atoms with Gasteiger partial charge in [0.25, 0.3) is 0 Å². The third kappa shape index (κ3) is 4.86. The molecule has 5 rings (SSSR count). The molecule has 0 amide bonds. The molecule has 4 aromatic rings. The van der Waals surface area contributed by atoms with Crippen molar-refractivity contribution in [2.75, 3.05) is 25.6 Å². The first-order valence-corrected chi connectivity index (χ1v) is 12.2. The maximum atomic E-state index is 14.0. The number of hydrogen-bond donors (Lipinski definition) is 1. The van der Waals surface area contributed by atoms with E-state index in [0.29, 0.717) is 34.2 Å². The van der Waals surface area contributed by atoms with Gasteiger partial charge in [-0.3, -0.25) is 10.1 Å². The van der Waals surface area contributed by atoms with Gasteiger partial charge in [0.15, 0.2) is 16.6 Å². The van der Waals surface area contributed by atoms with E-state index < -0.39 is 6.04 Å². The Morgan fingerprint density at radius 3 is 2.91 bits per heavy atom. The predicted octanol–water partition coefficient (Wildman–Crippen LogP) is 5.93. The number of hydrogen-bond acceptors (Lipinski definition) is 8. The van der Waals surface area contributed by atoms with Gasteiger partial charge in [-0.05, 0) is 35.4 Å². The van der Waals surface area contributed by atoms with Gasteiger partial charge in [0.1, 0.15) is 23.1 Å². The lowest BCUT2D eigenvalue weighted by Crippen LogP contribution is -2.29. The van der Waals surface area contributed by atoms with Crippen LogP contribution in [-0.2, 0) is 6.54 Å². The van der Waals surface area contributed by atoms with Crippen LogP contribution in [0.4, 0.5) is 10.8 Å². The second-order valence-electron chi connectivity index (χ2n) is 8.11. The Bertz CT molecular complexity index is 1400.